The highest BCUT2D eigenvalue weighted by molar-refractivity contribution is 6.27. The molecule has 6 rings (SSSR count). The van der Waals surface area contributed by atoms with Crippen molar-refractivity contribution in [3.8, 4) is 0 Å². The molecule has 3 saturated carbocycles. The fourth-order valence-electron chi connectivity index (χ4n) is 8.82. The van der Waals surface area contributed by atoms with Crippen molar-refractivity contribution in [3.63, 3.8) is 0 Å². The third-order valence-electron chi connectivity index (χ3n) is 10.3. The Labute approximate surface area is 212 Å². The average Bonchev–Trinajstić information content (AvgIpc) is 3.32. The summed E-state index contributed by atoms with van der Waals surface area (Å²) in [4.78, 5) is 37.7. The Hall–Kier alpha value is -2.41. The minimum Gasteiger partial charge on any atom is -0.507 e. The Bertz CT molecular complexity index is 1050. The van der Waals surface area contributed by atoms with Gasteiger partial charge in [0.25, 0.3) is 5.91 Å². The summed E-state index contributed by atoms with van der Waals surface area (Å²) in [6.45, 7) is 5.14. The number of carbonyl (C=O) groups is 3. The lowest BCUT2D eigenvalue weighted by molar-refractivity contribution is -0.118. The second kappa shape index (κ2) is 9.16. The van der Waals surface area contributed by atoms with Crippen molar-refractivity contribution in [2.24, 2.45) is 47.3 Å². The summed E-state index contributed by atoms with van der Waals surface area (Å²) in [7, 11) is 0. The molecule has 3 aliphatic carbocycles. The highest BCUT2D eigenvalue weighted by Gasteiger charge is 2.67. The molecule has 6 aliphatic rings. The molecular formula is C29H38N2O5. The molecular weight excluding hydrogens is 456 g/mol. The molecule has 36 heavy (non-hydrogen) atoms. The number of ether oxygens (including phenoxy) is 1. The van der Waals surface area contributed by atoms with Gasteiger partial charge in [-0.2, -0.15) is 0 Å². The molecule has 0 aromatic carbocycles. The minimum atomic E-state index is -0.651. The van der Waals surface area contributed by atoms with E-state index in [4.69, 9.17) is 4.74 Å². The van der Waals surface area contributed by atoms with Crippen molar-refractivity contribution < 1.29 is 24.2 Å². The van der Waals surface area contributed by atoms with Crippen LogP contribution in [0.3, 0.4) is 0 Å². The van der Waals surface area contributed by atoms with Crippen LogP contribution in [0.5, 0.6) is 0 Å². The number of hydrogen-bond donors (Lipinski definition) is 3. The van der Waals surface area contributed by atoms with Gasteiger partial charge in [0.1, 0.15) is 11.3 Å². The first-order valence-corrected chi connectivity index (χ1v) is 13.9. The third-order valence-corrected chi connectivity index (χ3v) is 10.3. The summed E-state index contributed by atoms with van der Waals surface area (Å²) in [6.07, 6.45) is 13.1. The van der Waals surface area contributed by atoms with Crippen LogP contribution in [0.1, 0.15) is 52.4 Å². The van der Waals surface area contributed by atoms with Crippen LogP contribution < -0.4 is 10.6 Å². The predicted molar refractivity (Wildman–Crippen MR) is 134 cm³/mol. The maximum Gasteiger partial charge on any atom is 0.259 e. The van der Waals surface area contributed by atoms with Crippen LogP contribution in [0.15, 0.2) is 35.6 Å². The first kappa shape index (κ1) is 24.0. The lowest BCUT2D eigenvalue weighted by Crippen LogP contribution is -2.39. The van der Waals surface area contributed by atoms with E-state index in [0.717, 1.165) is 18.8 Å². The molecule has 194 valence electrons. The van der Waals surface area contributed by atoms with Gasteiger partial charge >= 0.3 is 0 Å². The number of Topliss-reactive ketones (excluding diaryl/α,β-unsaturated/α-hetero) is 1. The molecule has 0 aromatic heterocycles. The summed E-state index contributed by atoms with van der Waals surface area (Å²) in [5.41, 5.74) is -0.139. The lowest BCUT2D eigenvalue weighted by atomic mass is 9.65. The molecule has 7 nitrogen and oxygen atoms in total. The third kappa shape index (κ3) is 3.85. The predicted octanol–water partition coefficient (Wildman–Crippen LogP) is 3.23. The number of nitrogens with one attached hydrogen (secondary N) is 2. The summed E-state index contributed by atoms with van der Waals surface area (Å²) >= 11 is 0. The number of carbonyl (C=O) groups excluding carboxylic acids is 3. The number of amides is 2. The summed E-state index contributed by atoms with van der Waals surface area (Å²) in [5.74, 6) is 3.03. The molecule has 2 bridgehead atoms. The van der Waals surface area contributed by atoms with Crippen LogP contribution in [-0.2, 0) is 19.1 Å². The van der Waals surface area contributed by atoms with E-state index in [1.54, 1.807) is 12.2 Å². The smallest absolute Gasteiger partial charge is 0.259 e. The Morgan fingerprint density at radius 3 is 2.64 bits per heavy atom. The van der Waals surface area contributed by atoms with Crippen molar-refractivity contribution in [3.05, 3.63) is 35.6 Å². The van der Waals surface area contributed by atoms with Gasteiger partial charge in [-0.15, -0.1) is 0 Å². The second-order valence-electron chi connectivity index (χ2n) is 12.0. The van der Waals surface area contributed by atoms with Gasteiger partial charge in [0.05, 0.1) is 18.2 Å². The summed E-state index contributed by atoms with van der Waals surface area (Å²) in [5, 5.41) is 16.4. The maximum atomic E-state index is 12.8. The molecule has 0 radical (unpaired) electrons. The number of allylic oxidation sites excluding steroid dienone is 3. The van der Waals surface area contributed by atoms with E-state index in [9.17, 15) is 19.5 Å². The number of fused-ring (bicyclic) bond motifs is 10. The van der Waals surface area contributed by atoms with Gasteiger partial charge < -0.3 is 20.5 Å². The van der Waals surface area contributed by atoms with Gasteiger partial charge in [0, 0.05) is 6.54 Å². The van der Waals surface area contributed by atoms with Crippen molar-refractivity contribution >= 4 is 17.6 Å². The van der Waals surface area contributed by atoms with Crippen molar-refractivity contribution in [1.82, 2.24) is 10.6 Å². The van der Waals surface area contributed by atoms with E-state index in [1.807, 2.05) is 12.2 Å². The Morgan fingerprint density at radius 2 is 1.83 bits per heavy atom. The second-order valence-corrected chi connectivity index (χ2v) is 12.0. The first-order valence-electron chi connectivity index (χ1n) is 13.9. The van der Waals surface area contributed by atoms with Crippen LogP contribution in [-0.4, -0.2) is 47.5 Å². The van der Waals surface area contributed by atoms with E-state index in [0.29, 0.717) is 67.1 Å². The highest BCUT2D eigenvalue weighted by Crippen LogP contribution is 2.66. The Balaban J connectivity index is 1.32. The van der Waals surface area contributed by atoms with E-state index >= 15 is 0 Å². The molecule has 2 saturated heterocycles. The van der Waals surface area contributed by atoms with Crippen LogP contribution in [0.2, 0.25) is 0 Å². The fourth-order valence-corrected chi connectivity index (χ4v) is 8.82. The average molecular weight is 495 g/mol. The summed E-state index contributed by atoms with van der Waals surface area (Å²) in [6, 6.07) is -0.651. The molecule has 0 spiro atoms. The molecule has 3 heterocycles. The number of hydrogen-bond acceptors (Lipinski definition) is 5. The number of aliphatic hydroxyl groups is 1. The quantitative estimate of drug-likeness (QED) is 0.383. The van der Waals surface area contributed by atoms with E-state index in [-0.39, 0.29) is 28.9 Å². The Kier molecular flexibility index (Phi) is 6.09. The van der Waals surface area contributed by atoms with Crippen molar-refractivity contribution in [1.29, 1.82) is 0 Å². The lowest BCUT2D eigenvalue weighted by Gasteiger charge is -2.36. The van der Waals surface area contributed by atoms with Gasteiger partial charge in [0.2, 0.25) is 5.91 Å². The Morgan fingerprint density at radius 1 is 1.06 bits per heavy atom. The van der Waals surface area contributed by atoms with Crippen LogP contribution in [0, 0.1) is 47.3 Å². The maximum absolute atomic E-state index is 12.8. The molecule has 7 heteroatoms. The van der Waals surface area contributed by atoms with Gasteiger partial charge in [-0.05, 0) is 91.6 Å². The van der Waals surface area contributed by atoms with E-state index in [1.165, 1.54) is 12.8 Å². The molecule has 11 atom stereocenters. The zero-order valence-electron chi connectivity index (χ0n) is 21.2. The highest BCUT2D eigenvalue weighted by atomic mass is 16.6. The number of ketones is 1. The zero-order valence-corrected chi connectivity index (χ0v) is 21.2. The summed E-state index contributed by atoms with van der Waals surface area (Å²) < 4.78 is 6.40. The van der Waals surface area contributed by atoms with Crippen LogP contribution in [0.4, 0.5) is 0 Å². The fraction of sp³-hybridized carbons (Fsp3) is 0.690. The zero-order chi connectivity index (χ0) is 25.1. The normalized spacial score (nSPS) is 49.8. The molecule has 3 aliphatic heterocycles. The SMILES string of the molecule is CC[C@H]1[C@H]2[C@H](C[C@H]1C)[C@H]1C[C@H]3/C=C/C(O)=C4/C(=O)N[C@H](CCCNC(=O)/C=C\C[C@@H]3[C@H]1[C@@H]1O[C@@H]12)C4=O. The number of rotatable bonds is 1. The van der Waals surface area contributed by atoms with Crippen LogP contribution in [0.25, 0.3) is 0 Å². The van der Waals surface area contributed by atoms with Gasteiger partial charge in [-0.3, -0.25) is 14.4 Å². The standard InChI is InChI=1S/C29H38N2O5/c1-3-16-14(2)12-18-19-13-15-9-10-21(32)25-26(34)20(31-29(25)35)7-5-11-30-22(33)8-4-6-17(15)24(19)28-27(36-28)23(16)18/h4,8-10,14-20,23-24,27-28,32H,3,5-7,11-13H2,1-2H3,(H,30,33)(H,31,35)/b8-4-,10-9+,25-21-/t14-,15-,16-,17+,18-,19-,20-,23+,24-,27-,28+/m1/s1. The van der Waals surface area contributed by atoms with Gasteiger partial charge in [-0.25, -0.2) is 0 Å². The molecule has 3 N–H and O–H groups in total. The molecule has 2 amide bonds. The van der Waals surface area contributed by atoms with Gasteiger partial charge in [0.15, 0.2) is 5.78 Å². The van der Waals surface area contributed by atoms with E-state index < -0.39 is 11.9 Å². The largest absolute Gasteiger partial charge is 0.507 e. The topological polar surface area (TPSA) is 108 Å². The molecule has 0 unspecified atom stereocenters. The van der Waals surface area contributed by atoms with Gasteiger partial charge in [-0.1, -0.05) is 32.4 Å². The monoisotopic (exact) mass is 494 g/mol. The van der Waals surface area contributed by atoms with Crippen molar-refractivity contribution in [2.75, 3.05) is 6.54 Å². The molecule has 5 fully saturated rings. The number of epoxide rings is 1. The number of aliphatic hydroxyl groups excluding tert-OH is 1. The van der Waals surface area contributed by atoms with Crippen LogP contribution >= 0.6 is 0 Å². The molecule has 0 aromatic rings. The first-order chi connectivity index (χ1) is 17.4. The van der Waals surface area contributed by atoms with E-state index in [2.05, 4.69) is 24.5 Å². The minimum absolute atomic E-state index is 0.122. The van der Waals surface area contributed by atoms with Crippen molar-refractivity contribution in [2.45, 2.75) is 70.6 Å².